The van der Waals surface area contributed by atoms with Crippen LogP contribution < -0.4 is 41.2 Å². The van der Waals surface area contributed by atoms with Crippen LogP contribution >= 0.6 is 0 Å². The molecule has 8 aromatic carbocycles. The van der Waals surface area contributed by atoms with Crippen LogP contribution in [0.3, 0.4) is 0 Å². The van der Waals surface area contributed by atoms with E-state index >= 15 is 0 Å². The van der Waals surface area contributed by atoms with Gasteiger partial charge in [-0.1, -0.05) is 238 Å². The number of hydrogen-bond donors (Lipinski definition) is 0. The van der Waals surface area contributed by atoms with Crippen molar-refractivity contribution in [3.63, 3.8) is 0 Å². The van der Waals surface area contributed by atoms with Crippen LogP contribution in [0.5, 0.6) is 0 Å². The molecule has 2 aliphatic carbocycles. The average Bonchev–Trinajstić information content (AvgIpc) is 1.58. The quantitative estimate of drug-likeness (QED) is 0.154. The molecule has 0 N–H and O–H groups in total. The van der Waals surface area contributed by atoms with Crippen molar-refractivity contribution in [1.82, 2.24) is 0 Å². The predicted molar refractivity (Wildman–Crippen MR) is 389 cm³/mol. The van der Waals surface area contributed by atoms with Gasteiger partial charge in [0.1, 0.15) is 0 Å². The van der Waals surface area contributed by atoms with Crippen LogP contribution in [0.25, 0.3) is 11.1 Å². The molecule has 4 aliphatic heterocycles. The molecule has 8 aromatic rings. The molecule has 0 radical (unpaired) electrons. The van der Waals surface area contributed by atoms with Crippen molar-refractivity contribution >= 4 is 93.2 Å². The molecule has 4 nitrogen and oxygen atoms in total. The lowest BCUT2D eigenvalue weighted by molar-refractivity contribution is 0.195. The summed E-state index contributed by atoms with van der Waals surface area (Å²) < 4.78 is 0. The van der Waals surface area contributed by atoms with E-state index in [2.05, 4.69) is 308 Å². The minimum absolute atomic E-state index is 0.0104. The zero-order chi connectivity index (χ0) is 63.1. The maximum Gasteiger partial charge on any atom is 0.252 e. The first kappa shape index (κ1) is 59.8. The third-order valence-electron chi connectivity index (χ3n) is 23.5. The van der Waals surface area contributed by atoms with E-state index in [9.17, 15) is 0 Å². The van der Waals surface area contributed by atoms with E-state index < -0.39 is 8.07 Å². The third kappa shape index (κ3) is 8.99. The van der Waals surface area contributed by atoms with Crippen LogP contribution in [-0.4, -0.2) is 25.9 Å². The highest BCUT2D eigenvalue weighted by atomic mass is 28.3. The number of fused-ring (bicyclic) bond motifs is 10. The Hall–Kier alpha value is -6.76. The van der Waals surface area contributed by atoms with Gasteiger partial charge in [-0.15, -0.1) is 0 Å². The summed E-state index contributed by atoms with van der Waals surface area (Å²) >= 11 is 0. The number of benzene rings is 8. The van der Waals surface area contributed by atoms with Gasteiger partial charge in [0.05, 0.1) is 24.8 Å². The van der Waals surface area contributed by atoms with Crippen LogP contribution in [0.15, 0.2) is 158 Å². The highest BCUT2D eigenvalue weighted by molar-refractivity contribution is 7.00. The zero-order valence-electron chi connectivity index (χ0n) is 57.5. The summed E-state index contributed by atoms with van der Waals surface area (Å²) in [5, 5.41) is 1.55. The monoisotopic (exact) mass is 1190 g/mol. The van der Waals surface area contributed by atoms with Crippen LogP contribution in [0, 0.1) is 0 Å². The molecule has 0 spiro atoms. The van der Waals surface area contributed by atoms with Gasteiger partial charge in [-0.2, -0.15) is 0 Å². The minimum atomic E-state index is -1.67. The molecule has 14 rings (SSSR count). The first-order valence-corrected chi connectivity index (χ1v) is 37.5. The second-order valence-corrected chi connectivity index (χ2v) is 39.3. The predicted octanol–water partition coefficient (Wildman–Crippen LogP) is 20.7. The van der Waals surface area contributed by atoms with Crippen LogP contribution in [-0.2, 0) is 32.5 Å². The Morgan fingerprint density at radius 1 is 0.371 bits per heavy atom. The number of hydrogen-bond acceptors (Lipinski definition) is 4. The highest BCUT2D eigenvalue weighted by Gasteiger charge is 2.60. The van der Waals surface area contributed by atoms with E-state index in [0.29, 0.717) is 0 Å². The van der Waals surface area contributed by atoms with Crippen molar-refractivity contribution in [1.29, 1.82) is 0 Å². The summed E-state index contributed by atoms with van der Waals surface area (Å²) in [7, 11) is -1.67. The molecule has 4 heterocycles. The second-order valence-electron chi connectivity index (χ2n) is 34.2. The Balaban J connectivity index is 1.11. The minimum Gasteiger partial charge on any atom is -0.334 e. The summed E-state index contributed by atoms with van der Waals surface area (Å²) in [6, 6.07) is 64.4. The van der Waals surface area contributed by atoms with Gasteiger partial charge < -0.3 is 19.6 Å². The van der Waals surface area contributed by atoms with E-state index in [0.717, 1.165) is 12.8 Å². The van der Waals surface area contributed by atoms with Crippen LogP contribution in [0.2, 0.25) is 19.6 Å². The normalized spacial score (nSPS) is 22.9. The summed E-state index contributed by atoms with van der Waals surface area (Å²) in [5.41, 5.74) is 27.3. The first-order valence-electron chi connectivity index (χ1n) is 34.0. The first-order chi connectivity index (χ1) is 41.8. The fourth-order valence-electron chi connectivity index (χ4n) is 17.6. The Morgan fingerprint density at radius 2 is 0.809 bits per heavy atom. The van der Waals surface area contributed by atoms with Crippen molar-refractivity contribution in [3.8, 4) is 11.1 Å². The Labute approximate surface area is 537 Å². The van der Waals surface area contributed by atoms with Gasteiger partial charge in [0.2, 0.25) is 0 Å². The number of anilines is 10. The molecule has 0 saturated heterocycles. The third-order valence-corrected chi connectivity index (χ3v) is 25.6. The van der Waals surface area contributed by atoms with Crippen molar-refractivity contribution in [2.75, 3.05) is 19.6 Å². The molecule has 0 aromatic heterocycles. The van der Waals surface area contributed by atoms with E-state index in [-0.39, 0.29) is 50.3 Å². The van der Waals surface area contributed by atoms with Gasteiger partial charge in [-0.3, -0.25) is 0 Å². The van der Waals surface area contributed by atoms with E-state index in [1.807, 2.05) is 0 Å². The van der Waals surface area contributed by atoms with Gasteiger partial charge in [0, 0.05) is 67.6 Å². The highest BCUT2D eigenvalue weighted by Crippen LogP contribution is 2.64. The lowest BCUT2D eigenvalue weighted by Crippen LogP contribution is -2.61. The SMILES string of the molecule is CC(C)(C)c1ccc(N2c3cc(N4c5ccc(C(C)(C)C)cc5C5(C)CCCCC45C)ccc3B3c4ccc(C(C)(C)C)cc4N(c4ccc(C(C)(C)C)cc4-c4ccccc4)c4cc(N5c6ccc([Si](C)(C)C)cc6C6(C)CCCCC56C)cc2c43)cc1. The number of nitrogens with zero attached hydrogens (tertiary/aromatic N) is 4. The fourth-order valence-corrected chi connectivity index (χ4v) is 18.8. The van der Waals surface area contributed by atoms with E-state index in [1.165, 1.54) is 151 Å². The second kappa shape index (κ2) is 19.9. The topological polar surface area (TPSA) is 13.0 Å². The van der Waals surface area contributed by atoms with Crippen LogP contribution in [0.1, 0.15) is 196 Å². The van der Waals surface area contributed by atoms with Crippen molar-refractivity contribution in [3.05, 3.63) is 191 Å². The van der Waals surface area contributed by atoms with Gasteiger partial charge in [-0.05, 0) is 183 Å². The smallest absolute Gasteiger partial charge is 0.252 e. The van der Waals surface area contributed by atoms with Crippen LogP contribution in [0.4, 0.5) is 56.9 Å². The van der Waals surface area contributed by atoms with Gasteiger partial charge >= 0.3 is 0 Å². The van der Waals surface area contributed by atoms with Crippen molar-refractivity contribution in [2.24, 2.45) is 0 Å². The lowest BCUT2D eigenvalue weighted by Gasteiger charge is -2.51. The Bertz CT molecular complexity index is 4160. The molecule has 2 saturated carbocycles. The van der Waals surface area contributed by atoms with E-state index in [4.69, 9.17) is 0 Å². The summed E-state index contributed by atoms with van der Waals surface area (Å²) in [4.78, 5) is 11.2. The maximum atomic E-state index is 2.88. The summed E-state index contributed by atoms with van der Waals surface area (Å²) in [6.07, 6.45) is 9.57. The molecular formula is C83H99BN4Si. The molecular weight excluding hydrogens is 1090 g/mol. The lowest BCUT2D eigenvalue weighted by atomic mass is 9.33. The van der Waals surface area contributed by atoms with Gasteiger partial charge in [-0.25, -0.2) is 0 Å². The molecule has 0 amide bonds. The Kier molecular flexibility index (Phi) is 13.4. The Morgan fingerprint density at radius 3 is 1.38 bits per heavy atom. The van der Waals surface area contributed by atoms with Gasteiger partial charge in [0.25, 0.3) is 6.71 Å². The average molecular weight is 1190 g/mol. The number of rotatable bonds is 6. The summed E-state index contributed by atoms with van der Waals surface area (Å²) in [5.74, 6) is 0. The van der Waals surface area contributed by atoms with E-state index in [1.54, 1.807) is 10.8 Å². The molecule has 6 aliphatic rings. The fraction of sp³-hybridized carbons (Fsp3) is 0.422. The maximum absolute atomic E-state index is 2.88. The van der Waals surface area contributed by atoms with Crippen molar-refractivity contribution < 1.29 is 0 Å². The molecule has 0 bridgehead atoms. The zero-order valence-corrected chi connectivity index (χ0v) is 58.5. The summed E-state index contributed by atoms with van der Waals surface area (Å²) in [6.45, 7) is 46.4. The van der Waals surface area contributed by atoms with Gasteiger partial charge in [0.15, 0.2) is 0 Å². The molecule has 4 unspecified atom stereocenters. The molecule has 458 valence electrons. The van der Waals surface area contributed by atoms with Crippen molar-refractivity contribution in [2.45, 2.75) is 225 Å². The molecule has 89 heavy (non-hydrogen) atoms. The standard InChI is InChI=1S/C83H99BN4Si/c1-76(2,3)55-29-34-59(35-30-55)85-72-50-60(87-69-41-33-57(78(7,8)9)48-64(69)80(13)43-23-25-45-82(80,87)15)36-39-67(72)84-66-38-31-58(79(10,11)12)49-71(66)86(68-40-32-56(77(4,5)6)47-63(68)54-27-21-20-22-28-54)74-52-61(51-73(85)75(74)84)88-70-42-37-62(89(17,18)19)53-65(70)81(14)44-24-26-46-83(81,88)16/h20-22,27-42,47-53H,23-26,43-46H2,1-19H3. The molecule has 2 fully saturated rings. The largest absolute Gasteiger partial charge is 0.334 e. The molecule has 4 atom stereocenters. The molecule has 6 heteroatoms.